The molecule has 0 aliphatic carbocycles. The van der Waals surface area contributed by atoms with Gasteiger partial charge in [0.05, 0.1) is 18.3 Å². The van der Waals surface area contributed by atoms with Gasteiger partial charge in [-0.2, -0.15) is 10.3 Å². The van der Waals surface area contributed by atoms with Crippen LogP contribution in [0.15, 0.2) is 0 Å². The van der Waals surface area contributed by atoms with E-state index >= 15 is 0 Å². The number of hydrogen-bond donors (Lipinski definition) is 1. The average molecular weight is 180 g/mol. The maximum absolute atomic E-state index is 9.51. The minimum absolute atomic E-state index is 0.233. The molecule has 3 rings (SSSR count). The van der Waals surface area contributed by atoms with Crippen molar-refractivity contribution in [1.82, 2.24) is 5.06 Å². The molecule has 0 aromatic carbocycles. The van der Waals surface area contributed by atoms with Crippen LogP contribution in [-0.4, -0.2) is 35.1 Å². The number of ether oxygens (including phenoxy) is 1. The fourth-order valence-electron chi connectivity index (χ4n) is 3.17. The van der Waals surface area contributed by atoms with Gasteiger partial charge in [0.15, 0.2) is 0 Å². The number of nitrogens with zero attached hydrogens (tertiary/aromatic N) is 2. The van der Waals surface area contributed by atoms with Crippen LogP contribution in [0, 0.1) is 23.2 Å². The Morgan fingerprint density at radius 1 is 1.38 bits per heavy atom. The lowest BCUT2D eigenvalue weighted by molar-refractivity contribution is -0.107. The molecule has 4 nitrogen and oxygen atoms in total. The van der Waals surface area contributed by atoms with Crippen molar-refractivity contribution >= 4 is 0 Å². The van der Waals surface area contributed by atoms with Gasteiger partial charge in [-0.3, -0.25) is 0 Å². The van der Waals surface area contributed by atoms with Crippen molar-refractivity contribution in [1.29, 1.82) is 5.26 Å². The van der Waals surface area contributed by atoms with Crippen LogP contribution in [0.25, 0.3) is 0 Å². The van der Waals surface area contributed by atoms with E-state index in [2.05, 4.69) is 6.07 Å². The zero-order valence-corrected chi connectivity index (χ0v) is 7.26. The third-order valence-electron chi connectivity index (χ3n) is 3.70. The van der Waals surface area contributed by atoms with Gasteiger partial charge in [-0.05, 0) is 12.8 Å². The van der Waals surface area contributed by atoms with Crippen molar-refractivity contribution in [3.63, 3.8) is 0 Å². The Hall–Kier alpha value is -0.630. The summed E-state index contributed by atoms with van der Waals surface area (Å²) in [5.74, 6) is 0.655. The third-order valence-corrected chi connectivity index (χ3v) is 3.70. The molecule has 3 saturated heterocycles. The summed E-state index contributed by atoms with van der Waals surface area (Å²) in [5, 5.41) is 19.6. The van der Waals surface area contributed by atoms with Crippen LogP contribution in [0.3, 0.4) is 0 Å². The Bertz CT molecular complexity index is 275. The maximum atomic E-state index is 9.51. The number of nitriles is 1. The van der Waals surface area contributed by atoms with E-state index < -0.39 is 0 Å². The van der Waals surface area contributed by atoms with E-state index in [0.717, 1.165) is 12.8 Å². The Balaban J connectivity index is 1.92. The van der Waals surface area contributed by atoms with Crippen LogP contribution >= 0.6 is 0 Å². The van der Waals surface area contributed by atoms with Crippen molar-refractivity contribution in [2.45, 2.75) is 31.1 Å². The molecule has 3 aliphatic rings. The number of hydrogen-bond acceptors (Lipinski definition) is 4. The smallest absolute Gasteiger partial charge is 0.127 e. The Morgan fingerprint density at radius 2 is 2.15 bits per heavy atom. The predicted molar refractivity (Wildman–Crippen MR) is 42.8 cm³/mol. The lowest BCUT2D eigenvalue weighted by Crippen LogP contribution is -2.33. The summed E-state index contributed by atoms with van der Waals surface area (Å²) in [5.41, 5.74) is 0. The summed E-state index contributed by atoms with van der Waals surface area (Å²) < 4.78 is 5.73. The van der Waals surface area contributed by atoms with E-state index in [0.29, 0.717) is 18.6 Å². The molecule has 0 aromatic heterocycles. The van der Waals surface area contributed by atoms with Gasteiger partial charge in [0.2, 0.25) is 0 Å². The quantitative estimate of drug-likeness (QED) is 0.585. The van der Waals surface area contributed by atoms with Crippen molar-refractivity contribution in [3.05, 3.63) is 0 Å². The molecule has 0 amide bonds. The van der Waals surface area contributed by atoms with Crippen LogP contribution in [0.4, 0.5) is 0 Å². The SMILES string of the molecule is N#CC1[C@H]2[C@@H](CN1O)[C@@H]1CC[C@H]2O1. The number of fused-ring (bicyclic) bond motifs is 5. The molecule has 0 radical (unpaired) electrons. The highest BCUT2D eigenvalue weighted by molar-refractivity contribution is 5.11. The monoisotopic (exact) mass is 180 g/mol. The number of hydroxylamine groups is 2. The summed E-state index contributed by atoms with van der Waals surface area (Å²) in [6.07, 6.45) is 2.72. The lowest BCUT2D eigenvalue weighted by Gasteiger charge is -2.21. The van der Waals surface area contributed by atoms with Crippen molar-refractivity contribution in [2.75, 3.05) is 6.54 Å². The average Bonchev–Trinajstić information content (AvgIpc) is 2.72. The molecule has 3 aliphatic heterocycles. The van der Waals surface area contributed by atoms with Crippen molar-refractivity contribution < 1.29 is 9.94 Å². The van der Waals surface area contributed by atoms with Crippen molar-refractivity contribution in [2.24, 2.45) is 11.8 Å². The molecule has 3 fully saturated rings. The molecule has 70 valence electrons. The van der Waals surface area contributed by atoms with Crippen molar-refractivity contribution in [3.8, 4) is 6.07 Å². The number of rotatable bonds is 0. The molecular formula is C9H12N2O2. The molecule has 3 heterocycles. The van der Waals surface area contributed by atoms with Crippen LogP contribution in [-0.2, 0) is 4.74 Å². The van der Waals surface area contributed by atoms with E-state index in [9.17, 15) is 5.21 Å². The van der Waals surface area contributed by atoms with Crippen LogP contribution in [0.5, 0.6) is 0 Å². The van der Waals surface area contributed by atoms with E-state index in [4.69, 9.17) is 10.00 Å². The van der Waals surface area contributed by atoms with Gasteiger partial charge in [-0.15, -0.1) is 0 Å². The first-order valence-electron chi connectivity index (χ1n) is 4.82. The Morgan fingerprint density at radius 3 is 2.92 bits per heavy atom. The normalized spacial score (nSPS) is 53.7. The Kier molecular flexibility index (Phi) is 1.46. The molecular weight excluding hydrogens is 168 g/mol. The second-order valence-electron chi connectivity index (χ2n) is 4.23. The molecule has 0 aromatic rings. The lowest BCUT2D eigenvalue weighted by atomic mass is 9.79. The highest BCUT2D eigenvalue weighted by Crippen LogP contribution is 2.49. The molecule has 2 bridgehead atoms. The summed E-state index contributed by atoms with van der Waals surface area (Å²) in [6.45, 7) is 0.615. The van der Waals surface area contributed by atoms with Gasteiger partial charge < -0.3 is 9.94 Å². The topological polar surface area (TPSA) is 56.5 Å². The molecule has 0 spiro atoms. The maximum Gasteiger partial charge on any atom is 0.127 e. The highest BCUT2D eigenvalue weighted by Gasteiger charge is 2.57. The van der Waals surface area contributed by atoms with Gasteiger partial charge >= 0.3 is 0 Å². The summed E-state index contributed by atoms with van der Waals surface area (Å²) >= 11 is 0. The van der Waals surface area contributed by atoms with Gasteiger partial charge in [0, 0.05) is 18.4 Å². The van der Waals surface area contributed by atoms with E-state index in [1.165, 1.54) is 5.06 Å². The highest BCUT2D eigenvalue weighted by atomic mass is 16.5. The zero-order chi connectivity index (χ0) is 9.00. The molecule has 0 saturated carbocycles. The largest absolute Gasteiger partial charge is 0.374 e. The van der Waals surface area contributed by atoms with Crippen LogP contribution < -0.4 is 0 Å². The van der Waals surface area contributed by atoms with E-state index in [-0.39, 0.29) is 18.1 Å². The van der Waals surface area contributed by atoms with E-state index in [1.54, 1.807) is 0 Å². The van der Waals surface area contributed by atoms with E-state index in [1.807, 2.05) is 0 Å². The molecule has 13 heavy (non-hydrogen) atoms. The standard InChI is InChI=1S/C9H12N2O2/c10-3-6-9-5(4-11(6)12)7-1-2-8(9)13-7/h5-9,12H,1-2,4H2/t5-,6?,7-,8+,9+/m0/s1. The molecule has 4 heteroatoms. The summed E-state index contributed by atoms with van der Waals surface area (Å²) in [7, 11) is 0. The fourth-order valence-corrected chi connectivity index (χ4v) is 3.17. The van der Waals surface area contributed by atoms with Crippen LogP contribution in [0.1, 0.15) is 12.8 Å². The van der Waals surface area contributed by atoms with Gasteiger partial charge in [0.25, 0.3) is 0 Å². The minimum atomic E-state index is -0.333. The fraction of sp³-hybridized carbons (Fsp3) is 0.889. The van der Waals surface area contributed by atoms with Gasteiger partial charge in [0.1, 0.15) is 6.04 Å². The van der Waals surface area contributed by atoms with Gasteiger partial charge in [-0.1, -0.05) is 0 Å². The molecule has 1 unspecified atom stereocenters. The Labute approximate surface area is 76.7 Å². The molecule has 5 atom stereocenters. The predicted octanol–water partition coefficient (Wildman–Crippen LogP) is 0.377. The molecule has 1 N–H and O–H groups in total. The second-order valence-corrected chi connectivity index (χ2v) is 4.23. The third kappa shape index (κ3) is 0.845. The minimum Gasteiger partial charge on any atom is -0.374 e. The van der Waals surface area contributed by atoms with Gasteiger partial charge in [-0.25, -0.2) is 0 Å². The van der Waals surface area contributed by atoms with Crippen LogP contribution in [0.2, 0.25) is 0 Å². The second kappa shape index (κ2) is 2.44. The summed E-state index contributed by atoms with van der Waals surface area (Å²) in [6, 6.07) is 1.83. The summed E-state index contributed by atoms with van der Waals surface area (Å²) in [4.78, 5) is 0. The first-order valence-corrected chi connectivity index (χ1v) is 4.82. The first-order chi connectivity index (χ1) is 6.31. The first kappa shape index (κ1) is 7.74. The zero-order valence-electron chi connectivity index (χ0n) is 7.26.